The van der Waals surface area contributed by atoms with Gasteiger partial charge in [-0.05, 0) is 22.6 Å². The Kier molecular flexibility index (Phi) is 3.53. The van der Waals surface area contributed by atoms with Crippen LogP contribution in [0.1, 0.15) is 12.5 Å². The maximum Gasteiger partial charge on any atom is -0.0226 e. The summed E-state index contributed by atoms with van der Waals surface area (Å²) in [6.45, 7) is 2.19. The zero-order valence-corrected chi connectivity index (χ0v) is 9.90. The third-order valence-electron chi connectivity index (χ3n) is 2.42. The molecule has 0 heterocycles. The molecule has 0 spiro atoms. The van der Waals surface area contributed by atoms with E-state index in [2.05, 4.69) is 61.5 Å². The fourth-order valence-electron chi connectivity index (χ4n) is 1.51. The first kappa shape index (κ1) is 10.4. The van der Waals surface area contributed by atoms with Gasteiger partial charge in [0.25, 0.3) is 0 Å². The Morgan fingerprint density at radius 3 is 2.00 bits per heavy atom. The van der Waals surface area contributed by atoms with Crippen LogP contribution in [0.15, 0.2) is 54.6 Å². The molecule has 0 aliphatic carbocycles. The second-order valence-electron chi connectivity index (χ2n) is 3.54. The van der Waals surface area contributed by atoms with E-state index in [1.807, 2.05) is 0 Å². The maximum atomic E-state index is 2.24. The second kappa shape index (κ2) is 5.09. The van der Waals surface area contributed by atoms with Gasteiger partial charge in [-0.1, -0.05) is 70.1 Å². The lowest BCUT2D eigenvalue weighted by Gasteiger charge is -2.03. The van der Waals surface area contributed by atoms with Gasteiger partial charge < -0.3 is 0 Å². The molecule has 2 rings (SSSR count). The van der Waals surface area contributed by atoms with Gasteiger partial charge in [-0.2, -0.15) is 0 Å². The van der Waals surface area contributed by atoms with Gasteiger partial charge in [0.2, 0.25) is 0 Å². The minimum Gasteiger partial charge on any atom is -0.0622 e. The molecule has 1 atom stereocenters. The number of rotatable bonds is 3. The lowest BCUT2D eigenvalue weighted by atomic mass is 10.2. The van der Waals surface area contributed by atoms with Crippen LogP contribution in [0.25, 0.3) is 0 Å². The first-order valence-electron chi connectivity index (χ1n) is 5.29. The molecular weight excluding hydrogens is 199 g/mol. The van der Waals surface area contributed by atoms with Crippen molar-refractivity contribution in [3.63, 3.8) is 0 Å². The predicted molar refractivity (Wildman–Crippen MR) is 69.8 cm³/mol. The number of aryl methyl sites for hydroxylation is 1. The Balaban J connectivity index is 2.11. The van der Waals surface area contributed by atoms with E-state index >= 15 is 0 Å². The Bertz CT molecular complexity index is 403. The van der Waals surface area contributed by atoms with Gasteiger partial charge in [0.05, 0.1) is 0 Å². The number of hydrogen-bond acceptors (Lipinski definition) is 0. The van der Waals surface area contributed by atoms with E-state index in [4.69, 9.17) is 0 Å². The van der Waals surface area contributed by atoms with Crippen molar-refractivity contribution >= 4 is 19.2 Å². The van der Waals surface area contributed by atoms with E-state index in [1.165, 1.54) is 16.2 Å². The van der Waals surface area contributed by atoms with Crippen molar-refractivity contribution in [2.45, 2.75) is 13.3 Å². The lowest BCUT2D eigenvalue weighted by Crippen LogP contribution is -2.02. The van der Waals surface area contributed by atoms with Crippen LogP contribution in [0.5, 0.6) is 0 Å². The molecule has 0 aliphatic rings. The zero-order chi connectivity index (χ0) is 10.5. The molecule has 2 aromatic carbocycles. The lowest BCUT2D eigenvalue weighted by molar-refractivity contribution is 1.14. The maximum absolute atomic E-state index is 2.24. The van der Waals surface area contributed by atoms with Gasteiger partial charge in [0, 0.05) is 0 Å². The molecule has 0 bridgehead atoms. The van der Waals surface area contributed by atoms with Crippen molar-refractivity contribution in [1.82, 2.24) is 0 Å². The SMILES string of the molecule is CCc1ccc(Pc2ccccc2)cc1. The highest BCUT2D eigenvalue weighted by atomic mass is 31.1. The summed E-state index contributed by atoms with van der Waals surface area (Å²) in [6, 6.07) is 19.6. The highest BCUT2D eigenvalue weighted by molar-refractivity contribution is 7.55. The topological polar surface area (TPSA) is 0 Å². The van der Waals surface area contributed by atoms with Crippen LogP contribution in [0, 0.1) is 0 Å². The molecule has 0 saturated carbocycles. The van der Waals surface area contributed by atoms with Crippen molar-refractivity contribution < 1.29 is 0 Å². The fourth-order valence-corrected chi connectivity index (χ4v) is 2.54. The van der Waals surface area contributed by atoms with Gasteiger partial charge in [0.1, 0.15) is 0 Å². The van der Waals surface area contributed by atoms with Crippen LogP contribution >= 0.6 is 8.58 Å². The molecule has 0 saturated heterocycles. The Hall–Kier alpha value is -1.13. The van der Waals surface area contributed by atoms with Crippen LogP contribution in [-0.4, -0.2) is 0 Å². The van der Waals surface area contributed by atoms with Crippen molar-refractivity contribution in [1.29, 1.82) is 0 Å². The van der Waals surface area contributed by atoms with Crippen molar-refractivity contribution in [3.05, 3.63) is 60.2 Å². The van der Waals surface area contributed by atoms with Gasteiger partial charge in [-0.15, -0.1) is 0 Å². The van der Waals surface area contributed by atoms with E-state index in [0.29, 0.717) is 0 Å². The summed E-state index contributed by atoms with van der Waals surface area (Å²) in [5, 5.41) is 2.82. The molecule has 76 valence electrons. The summed E-state index contributed by atoms with van der Waals surface area (Å²) in [7, 11) is 0.775. The summed E-state index contributed by atoms with van der Waals surface area (Å²) in [5.74, 6) is 0. The summed E-state index contributed by atoms with van der Waals surface area (Å²) >= 11 is 0. The Labute approximate surface area is 93.1 Å². The number of hydrogen-bond donors (Lipinski definition) is 0. The van der Waals surface area contributed by atoms with Crippen molar-refractivity contribution in [2.24, 2.45) is 0 Å². The molecule has 0 N–H and O–H groups in total. The Morgan fingerprint density at radius 1 is 0.800 bits per heavy atom. The summed E-state index contributed by atoms with van der Waals surface area (Å²) < 4.78 is 0. The van der Waals surface area contributed by atoms with Gasteiger partial charge in [-0.3, -0.25) is 0 Å². The highest BCUT2D eigenvalue weighted by Crippen LogP contribution is 2.10. The van der Waals surface area contributed by atoms with E-state index in [0.717, 1.165) is 15.0 Å². The van der Waals surface area contributed by atoms with E-state index in [1.54, 1.807) is 0 Å². The quantitative estimate of drug-likeness (QED) is 0.689. The summed E-state index contributed by atoms with van der Waals surface area (Å²) in [6.07, 6.45) is 1.12. The molecule has 0 amide bonds. The molecule has 0 fully saturated rings. The van der Waals surface area contributed by atoms with Crippen LogP contribution in [0.2, 0.25) is 0 Å². The fraction of sp³-hybridized carbons (Fsp3) is 0.143. The monoisotopic (exact) mass is 214 g/mol. The Morgan fingerprint density at radius 2 is 1.40 bits per heavy atom. The molecule has 15 heavy (non-hydrogen) atoms. The molecular formula is C14H15P. The smallest absolute Gasteiger partial charge is 0.0226 e. The molecule has 1 heteroatoms. The zero-order valence-electron chi connectivity index (χ0n) is 8.90. The van der Waals surface area contributed by atoms with Gasteiger partial charge >= 0.3 is 0 Å². The normalized spacial score (nSPS) is 11.0. The first-order valence-corrected chi connectivity index (χ1v) is 6.29. The van der Waals surface area contributed by atoms with Crippen LogP contribution in [0.4, 0.5) is 0 Å². The third kappa shape index (κ3) is 2.91. The standard InChI is InChI=1S/C14H15P/c1-2-12-8-10-14(11-9-12)15-13-6-4-3-5-7-13/h3-11,15H,2H2,1H3. The molecule has 0 nitrogen and oxygen atoms in total. The summed E-state index contributed by atoms with van der Waals surface area (Å²) in [5.41, 5.74) is 1.41. The average molecular weight is 214 g/mol. The van der Waals surface area contributed by atoms with Gasteiger partial charge in [0.15, 0.2) is 0 Å². The van der Waals surface area contributed by atoms with E-state index < -0.39 is 0 Å². The molecule has 2 aromatic rings. The minimum atomic E-state index is 0.775. The average Bonchev–Trinajstić information content (AvgIpc) is 2.31. The van der Waals surface area contributed by atoms with Gasteiger partial charge in [-0.25, -0.2) is 0 Å². The summed E-state index contributed by atoms with van der Waals surface area (Å²) in [4.78, 5) is 0. The number of benzene rings is 2. The predicted octanol–water partition coefficient (Wildman–Crippen LogP) is 2.88. The third-order valence-corrected chi connectivity index (χ3v) is 3.67. The molecule has 0 aliphatic heterocycles. The minimum absolute atomic E-state index is 0.775. The van der Waals surface area contributed by atoms with Crippen molar-refractivity contribution in [2.75, 3.05) is 0 Å². The highest BCUT2D eigenvalue weighted by Gasteiger charge is 1.95. The van der Waals surface area contributed by atoms with E-state index in [-0.39, 0.29) is 0 Å². The van der Waals surface area contributed by atoms with Crippen LogP contribution in [0.3, 0.4) is 0 Å². The van der Waals surface area contributed by atoms with Crippen LogP contribution in [-0.2, 0) is 6.42 Å². The van der Waals surface area contributed by atoms with E-state index in [9.17, 15) is 0 Å². The molecule has 0 aromatic heterocycles. The van der Waals surface area contributed by atoms with Crippen molar-refractivity contribution in [3.8, 4) is 0 Å². The molecule has 1 unspecified atom stereocenters. The largest absolute Gasteiger partial charge is 0.0622 e. The second-order valence-corrected chi connectivity index (χ2v) is 4.95. The van der Waals surface area contributed by atoms with Crippen LogP contribution < -0.4 is 10.6 Å². The first-order chi connectivity index (χ1) is 7.38. The molecule has 0 radical (unpaired) electrons.